The highest BCUT2D eigenvalue weighted by Crippen LogP contribution is 2.39. The summed E-state index contributed by atoms with van der Waals surface area (Å²) >= 11 is 0. The lowest BCUT2D eigenvalue weighted by Gasteiger charge is -2.12. The SMILES string of the molecule is COc1ccc2nc(F)c(F)c(-c3c[nH]nc3-c3cccc(C)n3)c2c1F. The van der Waals surface area contributed by atoms with Crippen molar-refractivity contribution in [1.29, 1.82) is 0 Å². The molecule has 27 heavy (non-hydrogen) atoms. The lowest BCUT2D eigenvalue weighted by molar-refractivity contribution is 0.388. The number of pyridine rings is 2. The van der Waals surface area contributed by atoms with E-state index in [4.69, 9.17) is 4.74 Å². The number of nitrogens with one attached hydrogen (secondary N) is 1. The number of halogens is 3. The number of fused-ring (bicyclic) bond motifs is 1. The third kappa shape index (κ3) is 2.69. The van der Waals surface area contributed by atoms with E-state index < -0.39 is 17.6 Å². The van der Waals surface area contributed by atoms with Gasteiger partial charge in [0.25, 0.3) is 0 Å². The summed E-state index contributed by atoms with van der Waals surface area (Å²) in [5.74, 6) is -3.53. The molecule has 0 saturated heterocycles. The van der Waals surface area contributed by atoms with Crippen molar-refractivity contribution in [2.45, 2.75) is 6.92 Å². The average Bonchev–Trinajstić information content (AvgIpc) is 3.13. The Morgan fingerprint density at radius 3 is 2.56 bits per heavy atom. The maximum Gasteiger partial charge on any atom is 0.250 e. The molecule has 0 aliphatic heterocycles. The fourth-order valence-corrected chi connectivity index (χ4v) is 3.01. The Morgan fingerprint density at radius 2 is 1.81 bits per heavy atom. The van der Waals surface area contributed by atoms with Crippen LogP contribution in [0.15, 0.2) is 36.5 Å². The molecule has 1 aromatic carbocycles. The Bertz CT molecular complexity index is 1170. The van der Waals surface area contributed by atoms with Gasteiger partial charge in [0.1, 0.15) is 5.69 Å². The van der Waals surface area contributed by atoms with E-state index in [1.165, 1.54) is 25.4 Å². The largest absolute Gasteiger partial charge is 0.494 e. The molecule has 0 fully saturated rings. The molecule has 0 radical (unpaired) electrons. The lowest BCUT2D eigenvalue weighted by Crippen LogP contribution is -2.00. The van der Waals surface area contributed by atoms with Crippen molar-refractivity contribution in [2.24, 2.45) is 0 Å². The minimum absolute atomic E-state index is 0.0356. The zero-order chi connectivity index (χ0) is 19.1. The van der Waals surface area contributed by atoms with Gasteiger partial charge in [-0.3, -0.25) is 10.1 Å². The van der Waals surface area contributed by atoms with E-state index in [-0.39, 0.29) is 33.5 Å². The van der Waals surface area contributed by atoms with Gasteiger partial charge in [-0.15, -0.1) is 0 Å². The minimum atomic E-state index is -1.33. The van der Waals surface area contributed by atoms with E-state index in [9.17, 15) is 13.2 Å². The van der Waals surface area contributed by atoms with Crippen LogP contribution in [0.25, 0.3) is 33.4 Å². The molecule has 0 unspecified atom stereocenters. The summed E-state index contributed by atoms with van der Waals surface area (Å²) in [4.78, 5) is 7.87. The zero-order valence-corrected chi connectivity index (χ0v) is 14.3. The third-order valence-corrected chi connectivity index (χ3v) is 4.21. The highest BCUT2D eigenvalue weighted by molar-refractivity contribution is 5.99. The second-order valence-electron chi connectivity index (χ2n) is 5.88. The molecule has 3 aromatic heterocycles. The summed E-state index contributed by atoms with van der Waals surface area (Å²) in [6.07, 6.45) is 1.37. The van der Waals surface area contributed by atoms with Crippen LogP contribution in [0.3, 0.4) is 0 Å². The molecular weight excluding hydrogens is 357 g/mol. The minimum Gasteiger partial charge on any atom is -0.494 e. The Morgan fingerprint density at radius 1 is 1.00 bits per heavy atom. The van der Waals surface area contributed by atoms with Crippen molar-refractivity contribution in [1.82, 2.24) is 20.2 Å². The van der Waals surface area contributed by atoms with Crippen LogP contribution >= 0.6 is 0 Å². The number of hydrogen-bond acceptors (Lipinski definition) is 4. The van der Waals surface area contributed by atoms with E-state index in [1.54, 1.807) is 25.1 Å². The van der Waals surface area contributed by atoms with Gasteiger partial charge in [0, 0.05) is 23.0 Å². The lowest BCUT2D eigenvalue weighted by atomic mass is 9.99. The number of H-pyrrole nitrogens is 1. The first-order valence-electron chi connectivity index (χ1n) is 8.00. The first kappa shape index (κ1) is 17.0. The normalized spacial score (nSPS) is 11.1. The summed E-state index contributed by atoms with van der Waals surface area (Å²) in [6.45, 7) is 1.79. The van der Waals surface area contributed by atoms with Crippen LogP contribution in [0.1, 0.15) is 5.69 Å². The molecule has 4 rings (SSSR count). The molecule has 0 spiro atoms. The highest BCUT2D eigenvalue weighted by Gasteiger charge is 2.25. The van der Waals surface area contributed by atoms with Gasteiger partial charge in [0.15, 0.2) is 17.4 Å². The molecule has 0 atom stereocenters. The molecule has 0 aliphatic rings. The van der Waals surface area contributed by atoms with Gasteiger partial charge < -0.3 is 4.74 Å². The predicted octanol–water partition coefficient (Wildman–Crippen LogP) is 4.42. The quantitative estimate of drug-likeness (QED) is 0.542. The zero-order valence-electron chi connectivity index (χ0n) is 14.3. The van der Waals surface area contributed by atoms with Crippen molar-refractivity contribution in [3.05, 3.63) is 59.8 Å². The van der Waals surface area contributed by atoms with Gasteiger partial charge in [-0.05, 0) is 31.2 Å². The van der Waals surface area contributed by atoms with Crippen LogP contribution in [0.2, 0.25) is 0 Å². The van der Waals surface area contributed by atoms with Gasteiger partial charge in [-0.25, -0.2) is 13.8 Å². The Balaban J connectivity index is 2.09. The number of benzene rings is 1. The summed E-state index contributed by atoms with van der Waals surface area (Å²) in [6, 6.07) is 7.92. The fourth-order valence-electron chi connectivity index (χ4n) is 3.01. The summed E-state index contributed by atoms with van der Waals surface area (Å²) in [7, 11) is 1.29. The third-order valence-electron chi connectivity index (χ3n) is 4.21. The second-order valence-corrected chi connectivity index (χ2v) is 5.88. The maximum atomic E-state index is 14.9. The van der Waals surface area contributed by atoms with Crippen molar-refractivity contribution in [3.63, 3.8) is 0 Å². The van der Waals surface area contributed by atoms with Crippen molar-refractivity contribution in [3.8, 4) is 28.3 Å². The molecular formula is C19H13F3N4O. The molecule has 0 bridgehead atoms. The molecule has 3 heterocycles. The molecule has 4 aromatic rings. The molecule has 0 saturated carbocycles. The maximum absolute atomic E-state index is 14.9. The second kappa shape index (κ2) is 6.39. The first-order chi connectivity index (χ1) is 13.0. The summed E-state index contributed by atoms with van der Waals surface area (Å²) < 4.78 is 48.8. The van der Waals surface area contributed by atoms with Crippen LogP contribution in [-0.2, 0) is 0 Å². The van der Waals surface area contributed by atoms with Gasteiger partial charge in [-0.2, -0.15) is 9.49 Å². The summed E-state index contributed by atoms with van der Waals surface area (Å²) in [5.41, 5.74) is 1.28. The van der Waals surface area contributed by atoms with E-state index in [0.29, 0.717) is 5.69 Å². The Kier molecular flexibility index (Phi) is 4.02. The number of hydrogen-bond donors (Lipinski definition) is 1. The van der Waals surface area contributed by atoms with Crippen LogP contribution in [0, 0.1) is 24.5 Å². The van der Waals surface area contributed by atoms with Gasteiger partial charge in [0.2, 0.25) is 5.95 Å². The van der Waals surface area contributed by atoms with E-state index in [0.717, 1.165) is 5.69 Å². The summed E-state index contributed by atoms with van der Waals surface area (Å²) in [5, 5.41) is 6.53. The van der Waals surface area contributed by atoms with Crippen molar-refractivity contribution < 1.29 is 17.9 Å². The number of rotatable bonds is 3. The van der Waals surface area contributed by atoms with E-state index >= 15 is 0 Å². The van der Waals surface area contributed by atoms with Crippen LogP contribution in [0.4, 0.5) is 13.2 Å². The number of nitrogens with zero attached hydrogens (tertiary/aromatic N) is 3. The number of methoxy groups -OCH3 is 1. The van der Waals surface area contributed by atoms with E-state index in [1.807, 2.05) is 0 Å². The van der Waals surface area contributed by atoms with Crippen LogP contribution in [-0.4, -0.2) is 27.3 Å². The molecule has 0 aliphatic carbocycles. The van der Waals surface area contributed by atoms with Crippen LogP contribution in [0.5, 0.6) is 5.75 Å². The van der Waals surface area contributed by atoms with Gasteiger partial charge >= 0.3 is 0 Å². The number of aromatic amines is 1. The molecule has 1 N–H and O–H groups in total. The molecule has 8 heteroatoms. The number of aromatic nitrogens is 4. The highest BCUT2D eigenvalue weighted by atomic mass is 19.2. The predicted molar refractivity (Wildman–Crippen MR) is 93.7 cm³/mol. The van der Waals surface area contributed by atoms with Crippen LogP contribution < -0.4 is 4.74 Å². The topological polar surface area (TPSA) is 63.7 Å². The molecule has 0 amide bonds. The van der Waals surface area contributed by atoms with Gasteiger partial charge in [0.05, 0.1) is 23.7 Å². The monoisotopic (exact) mass is 370 g/mol. The van der Waals surface area contributed by atoms with Gasteiger partial charge in [-0.1, -0.05) is 6.07 Å². The smallest absolute Gasteiger partial charge is 0.250 e. The average molecular weight is 370 g/mol. The Labute approximate surface area is 151 Å². The Hall–Kier alpha value is -3.42. The molecule has 5 nitrogen and oxygen atoms in total. The number of aryl methyl sites for hydroxylation is 1. The van der Waals surface area contributed by atoms with Crippen molar-refractivity contribution in [2.75, 3.05) is 7.11 Å². The van der Waals surface area contributed by atoms with E-state index in [2.05, 4.69) is 20.2 Å². The standard InChI is InChI=1S/C19H13F3N4O/c1-9-4-3-5-12(24-9)18-10(8-23-26-18)14-15-11(25-19(22)17(14)21)6-7-13(27-2)16(15)20/h3-8H,1-2H3,(H,23,26). The van der Waals surface area contributed by atoms with Crippen molar-refractivity contribution >= 4 is 10.9 Å². The fraction of sp³-hybridized carbons (Fsp3) is 0.105. The first-order valence-corrected chi connectivity index (χ1v) is 8.00. The number of ether oxygens (including phenoxy) is 1. The molecule has 136 valence electrons.